The molecular formula is C30H42N4O6. The van der Waals surface area contributed by atoms with Crippen molar-refractivity contribution in [3.63, 3.8) is 0 Å². The predicted octanol–water partition coefficient (Wildman–Crippen LogP) is 3.02. The number of ether oxygens (including phenoxy) is 1. The first-order valence-corrected chi connectivity index (χ1v) is 13.8. The largest absolute Gasteiger partial charge is 0.457 e. The fraction of sp³-hybridized carbons (Fsp3) is 0.533. The van der Waals surface area contributed by atoms with Crippen LogP contribution in [0.1, 0.15) is 56.9 Å². The fourth-order valence-electron chi connectivity index (χ4n) is 4.84. The number of hydrogen-bond acceptors (Lipinski definition) is 8. The smallest absolute Gasteiger partial charge is 0.355 e. The van der Waals surface area contributed by atoms with Gasteiger partial charge in [0.05, 0.1) is 6.10 Å². The lowest BCUT2D eigenvalue weighted by molar-refractivity contribution is -0.149. The van der Waals surface area contributed by atoms with Crippen molar-refractivity contribution < 1.29 is 28.6 Å². The Morgan fingerprint density at radius 2 is 1.95 bits per heavy atom. The number of esters is 1. The number of likely N-dealkylation sites (N-methyl/N-ethyl adjacent to an activating group) is 1. The molecule has 4 atom stereocenters. The lowest BCUT2D eigenvalue weighted by atomic mass is 9.94. The van der Waals surface area contributed by atoms with Gasteiger partial charge in [-0.2, -0.15) is 0 Å². The van der Waals surface area contributed by atoms with Gasteiger partial charge in [0.1, 0.15) is 18.1 Å². The van der Waals surface area contributed by atoms with Crippen LogP contribution in [0.15, 0.2) is 58.4 Å². The molecule has 0 saturated carbocycles. The van der Waals surface area contributed by atoms with Gasteiger partial charge in [-0.1, -0.05) is 56.7 Å². The quantitative estimate of drug-likeness (QED) is 0.535. The monoisotopic (exact) mass is 554 g/mol. The lowest BCUT2D eigenvalue weighted by Gasteiger charge is -2.27. The highest BCUT2D eigenvalue weighted by atomic mass is 16.5. The zero-order valence-corrected chi connectivity index (χ0v) is 24.3. The highest BCUT2D eigenvalue weighted by molar-refractivity contribution is 6.00. The minimum absolute atomic E-state index is 0.0249. The average Bonchev–Trinajstić information content (AvgIpc) is 3.57. The molecule has 40 heavy (non-hydrogen) atoms. The second-order valence-electron chi connectivity index (χ2n) is 11.0. The predicted molar refractivity (Wildman–Crippen MR) is 151 cm³/mol. The zero-order chi connectivity index (χ0) is 29.4. The molecule has 2 N–H and O–H groups in total. The first-order valence-electron chi connectivity index (χ1n) is 13.8. The van der Waals surface area contributed by atoms with E-state index >= 15 is 0 Å². The number of carbonyl (C=O) groups is 3. The Balaban J connectivity index is 1.90. The van der Waals surface area contributed by atoms with Gasteiger partial charge in [0.15, 0.2) is 11.6 Å². The first kappa shape index (κ1) is 31.0. The first-order chi connectivity index (χ1) is 19.0. The van der Waals surface area contributed by atoms with E-state index < -0.39 is 24.1 Å². The number of rotatable bonds is 2. The number of hydrogen-bond donors (Lipinski definition) is 2. The number of aliphatic hydroxyl groups is 1. The molecule has 2 aliphatic heterocycles. The third-order valence-electron chi connectivity index (χ3n) is 7.06. The van der Waals surface area contributed by atoms with Gasteiger partial charge in [0.2, 0.25) is 5.91 Å². The molecule has 218 valence electrons. The van der Waals surface area contributed by atoms with Crippen LogP contribution in [0.25, 0.3) is 0 Å². The van der Waals surface area contributed by atoms with E-state index in [2.05, 4.69) is 10.3 Å². The van der Waals surface area contributed by atoms with E-state index in [1.165, 1.54) is 17.2 Å². The molecule has 3 rings (SSSR count). The Kier molecular flexibility index (Phi) is 11.0. The third-order valence-corrected chi connectivity index (χ3v) is 7.06. The number of carbonyl (C=O) groups excluding carboxylic acids is 3. The lowest BCUT2D eigenvalue weighted by Crippen LogP contribution is -2.36. The summed E-state index contributed by atoms with van der Waals surface area (Å²) in [6.07, 6.45) is 11.7. The summed E-state index contributed by atoms with van der Waals surface area (Å²) < 4.78 is 11.5. The van der Waals surface area contributed by atoms with Crippen LogP contribution in [0.2, 0.25) is 0 Å². The Bertz CT molecular complexity index is 1180. The molecule has 1 aromatic heterocycles. The van der Waals surface area contributed by atoms with Crippen molar-refractivity contribution in [3.8, 4) is 0 Å². The van der Waals surface area contributed by atoms with Gasteiger partial charge in [0.25, 0.3) is 5.91 Å². The summed E-state index contributed by atoms with van der Waals surface area (Å²) in [4.78, 5) is 46.7. The van der Waals surface area contributed by atoms with E-state index in [0.29, 0.717) is 38.2 Å². The van der Waals surface area contributed by atoms with Gasteiger partial charge < -0.3 is 29.4 Å². The molecule has 0 fully saturated rings. The summed E-state index contributed by atoms with van der Waals surface area (Å²) >= 11 is 0. The maximum Gasteiger partial charge on any atom is 0.355 e. The van der Waals surface area contributed by atoms with Crippen LogP contribution in [-0.4, -0.2) is 83.1 Å². The average molecular weight is 555 g/mol. The minimum Gasteiger partial charge on any atom is -0.457 e. The Labute approximate surface area is 236 Å². The van der Waals surface area contributed by atoms with Gasteiger partial charge in [-0.25, -0.2) is 9.78 Å². The van der Waals surface area contributed by atoms with E-state index in [1.807, 2.05) is 58.8 Å². The second kappa shape index (κ2) is 14.2. The van der Waals surface area contributed by atoms with Crippen molar-refractivity contribution in [2.45, 2.75) is 65.2 Å². The number of nitrogens with one attached hydrogen (secondary N) is 1. The van der Waals surface area contributed by atoms with E-state index in [4.69, 9.17) is 9.15 Å². The van der Waals surface area contributed by atoms with Crippen molar-refractivity contribution in [1.29, 1.82) is 0 Å². The topological polar surface area (TPSA) is 125 Å². The summed E-state index contributed by atoms with van der Waals surface area (Å²) in [5.74, 6) is -1.19. The van der Waals surface area contributed by atoms with Crippen LogP contribution < -0.4 is 5.32 Å². The summed E-state index contributed by atoms with van der Waals surface area (Å²) in [7, 11) is 3.82. The standard InChI is InChI=1S/C30H42N4O6/c1-19(2)28-21(4)11-12-26(36)31-13-7-9-20(3)15-23(35)16-22(33(5)6)17-27-32-24(18-39-27)29(37)34-14-8-10-25(34)30(38)40-28/h7,9-12,15,18-19,21-23,28,35H,8,13-14,16-17H2,1-6H3,(H,31,36)/b9-7?,12-11+,20-15?/t21-,22+,23-,28-/m1/s1. The molecule has 0 radical (unpaired) electrons. The molecule has 0 aliphatic carbocycles. The molecule has 0 aromatic carbocycles. The van der Waals surface area contributed by atoms with Gasteiger partial charge >= 0.3 is 5.97 Å². The third kappa shape index (κ3) is 8.50. The summed E-state index contributed by atoms with van der Waals surface area (Å²) in [6, 6.07) is -0.107. The molecule has 10 heteroatoms. The molecule has 2 aliphatic rings. The molecule has 0 unspecified atom stereocenters. The van der Waals surface area contributed by atoms with E-state index in [9.17, 15) is 19.5 Å². The molecule has 0 spiro atoms. The SMILES string of the molecule is CC1=C[C@@H](O)C[C@H](N(C)C)Cc2nc(co2)C(=O)N2CCC=C2C(=O)O[C@H](C(C)C)[C@H](C)/C=C/C(=O)NCC=C1. The van der Waals surface area contributed by atoms with Crippen molar-refractivity contribution >= 4 is 17.8 Å². The van der Waals surface area contributed by atoms with Crippen molar-refractivity contribution in [3.05, 3.63) is 65.6 Å². The molecule has 2 bridgehead atoms. The molecule has 10 nitrogen and oxygen atoms in total. The Hall–Kier alpha value is -3.50. The maximum absolute atomic E-state index is 13.3. The second-order valence-corrected chi connectivity index (χ2v) is 11.0. The Morgan fingerprint density at radius 3 is 2.65 bits per heavy atom. The van der Waals surface area contributed by atoms with Crippen molar-refractivity contribution in [1.82, 2.24) is 20.1 Å². The van der Waals surface area contributed by atoms with Crippen LogP contribution in [0.3, 0.4) is 0 Å². The number of fused-ring (bicyclic) bond motifs is 3. The van der Waals surface area contributed by atoms with Gasteiger partial charge in [-0.3, -0.25) is 9.59 Å². The van der Waals surface area contributed by atoms with Gasteiger partial charge in [-0.05, 0) is 45.9 Å². The molecule has 3 heterocycles. The van der Waals surface area contributed by atoms with Crippen LogP contribution in [-0.2, 0) is 20.7 Å². The number of allylic oxidation sites excluding steroid dienone is 2. The minimum atomic E-state index is -0.717. The van der Waals surface area contributed by atoms with E-state index in [0.717, 1.165) is 5.57 Å². The fourth-order valence-corrected chi connectivity index (χ4v) is 4.84. The number of amides is 2. The summed E-state index contributed by atoms with van der Waals surface area (Å²) in [5.41, 5.74) is 1.15. The number of aliphatic hydroxyl groups excluding tert-OH is 1. The molecule has 0 saturated heterocycles. The molecule has 1 aromatic rings. The number of aromatic nitrogens is 1. The number of nitrogens with zero attached hydrogens (tertiary/aromatic N) is 3. The van der Waals surface area contributed by atoms with E-state index in [1.54, 1.807) is 18.2 Å². The highest BCUT2D eigenvalue weighted by Crippen LogP contribution is 2.25. The van der Waals surface area contributed by atoms with Crippen LogP contribution >= 0.6 is 0 Å². The highest BCUT2D eigenvalue weighted by Gasteiger charge is 2.33. The number of cyclic esters (lactones) is 1. The van der Waals surface area contributed by atoms with Gasteiger partial charge in [-0.15, -0.1) is 0 Å². The normalized spacial score (nSPS) is 26.7. The molecule has 2 amide bonds. The number of oxazole rings is 1. The maximum atomic E-state index is 13.3. The van der Waals surface area contributed by atoms with E-state index in [-0.39, 0.29) is 35.2 Å². The zero-order valence-electron chi connectivity index (χ0n) is 24.3. The summed E-state index contributed by atoms with van der Waals surface area (Å²) in [6.45, 7) is 8.31. The van der Waals surface area contributed by atoms with Crippen LogP contribution in [0.5, 0.6) is 0 Å². The van der Waals surface area contributed by atoms with Crippen molar-refractivity contribution in [2.24, 2.45) is 11.8 Å². The summed E-state index contributed by atoms with van der Waals surface area (Å²) in [5, 5.41) is 13.5. The van der Waals surface area contributed by atoms with Crippen LogP contribution in [0, 0.1) is 11.8 Å². The molecular weight excluding hydrogens is 512 g/mol. The van der Waals surface area contributed by atoms with Crippen LogP contribution in [0.4, 0.5) is 0 Å². The Morgan fingerprint density at radius 1 is 1.20 bits per heavy atom. The van der Waals surface area contributed by atoms with Gasteiger partial charge in [0, 0.05) is 31.5 Å². The van der Waals surface area contributed by atoms with Crippen molar-refractivity contribution in [2.75, 3.05) is 27.2 Å².